The molecule has 130 valence electrons. The van der Waals surface area contributed by atoms with Crippen molar-refractivity contribution in [2.75, 3.05) is 0 Å². The first-order valence-corrected chi connectivity index (χ1v) is 8.36. The van der Waals surface area contributed by atoms with Gasteiger partial charge in [-0.25, -0.2) is 4.79 Å². The van der Waals surface area contributed by atoms with Gasteiger partial charge in [-0.1, -0.05) is 30.9 Å². The lowest BCUT2D eigenvalue weighted by Gasteiger charge is -2.12. The number of imide groups is 1. The minimum Gasteiger partial charge on any atom is -0.325 e. The third kappa shape index (κ3) is 3.98. The van der Waals surface area contributed by atoms with Gasteiger partial charge in [-0.2, -0.15) is 0 Å². The maximum absolute atomic E-state index is 12.0. The van der Waals surface area contributed by atoms with Crippen molar-refractivity contribution in [1.29, 1.82) is 0 Å². The summed E-state index contributed by atoms with van der Waals surface area (Å²) < 4.78 is 0. The highest BCUT2D eigenvalue weighted by atomic mass is 16.7. The van der Waals surface area contributed by atoms with Crippen LogP contribution in [0.3, 0.4) is 0 Å². The second-order valence-corrected chi connectivity index (χ2v) is 5.84. The largest absolute Gasteiger partial charge is 0.363 e. The Hall–Kier alpha value is -3.39. The summed E-state index contributed by atoms with van der Waals surface area (Å²) >= 11 is 0. The average Bonchev–Trinajstić information content (AvgIpc) is 2.99. The highest BCUT2D eigenvalue weighted by molar-refractivity contribution is 6.02. The molecule has 3 rings (SSSR count). The van der Waals surface area contributed by atoms with E-state index in [1.54, 1.807) is 24.3 Å². The van der Waals surface area contributed by atoms with Crippen LogP contribution in [0.5, 0.6) is 0 Å². The summed E-state index contributed by atoms with van der Waals surface area (Å²) in [5, 5.41) is 0.538. The van der Waals surface area contributed by atoms with Crippen LogP contribution in [0.1, 0.15) is 46.8 Å². The molecule has 0 atom stereocenters. The number of hydrogen-bond acceptors (Lipinski definition) is 4. The number of carbonyl (C=O) groups excluding carboxylic acids is 3. The molecular formula is C21H17NO4. The predicted molar refractivity (Wildman–Crippen MR) is 94.7 cm³/mol. The molecule has 0 aliphatic carbocycles. The molecule has 1 aliphatic rings. The van der Waals surface area contributed by atoms with E-state index in [1.807, 2.05) is 24.3 Å². The minimum absolute atomic E-state index is 0.0693. The molecule has 0 spiro atoms. The van der Waals surface area contributed by atoms with Crippen molar-refractivity contribution in [2.24, 2.45) is 0 Å². The van der Waals surface area contributed by atoms with Crippen molar-refractivity contribution >= 4 is 17.8 Å². The van der Waals surface area contributed by atoms with E-state index in [2.05, 4.69) is 18.8 Å². The van der Waals surface area contributed by atoms with Crippen molar-refractivity contribution in [3.63, 3.8) is 0 Å². The van der Waals surface area contributed by atoms with Crippen LogP contribution in [0, 0.1) is 11.8 Å². The van der Waals surface area contributed by atoms with Gasteiger partial charge >= 0.3 is 5.97 Å². The fourth-order valence-corrected chi connectivity index (χ4v) is 2.45. The van der Waals surface area contributed by atoms with Gasteiger partial charge in [0.1, 0.15) is 0 Å². The third-order valence-electron chi connectivity index (χ3n) is 4.01. The molecule has 2 aromatic carbocycles. The zero-order valence-electron chi connectivity index (χ0n) is 14.3. The maximum atomic E-state index is 12.0. The Morgan fingerprint density at radius 2 is 1.42 bits per heavy atom. The van der Waals surface area contributed by atoms with Crippen molar-refractivity contribution < 1.29 is 19.2 Å². The second kappa shape index (κ2) is 7.66. The van der Waals surface area contributed by atoms with Crippen LogP contribution in [0.15, 0.2) is 48.5 Å². The molecule has 26 heavy (non-hydrogen) atoms. The smallest absolute Gasteiger partial charge is 0.325 e. The Morgan fingerprint density at radius 3 is 1.92 bits per heavy atom. The number of carbonyl (C=O) groups is 3. The Labute approximate surface area is 151 Å². The number of amides is 2. The van der Waals surface area contributed by atoms with E-state index in [-0.39, 0.29) is 18.4 Å². The normalized spacial score (nSPS) is 13.3. The predicted octanol–water partition coefficient (Wildman–Crippen LogP) is 2.87. The lowest BCUT2D eigenvalue weighted by molar-refractivity contribution is -0.172. The topological polar surface area (TPSA) is 63.7 Å². The first kappa shape index (κ1) is 17.4. The molecule has 1 saturated heterocycles. The number of benzene rings is 2. The first-order chi connectivity index (χ1) is 12.6. The molecule has 2 aromatic rings. The van der Waals surface area contributed by atoms with E-state index in [9.17, 15) is 14.4 Å². The van der Waals surface area contributed by atoms with Crippen LogP contribution >= 0.6 is 0 Å². The molecule has 0 saturated carbocycles. The van der Waals surface area contributed by atoms with Gasteiger partial charge in [0, 0.05) is 24.0 Å². The molecular weight excluding hydrogens is 330 g/mol. The van der Waals surface area contributed by atoms with E-state index in [4.69, 9.17) is 4.84 Å². The SMILES string of the molecule is CCc1ccc(C#Cc2ccc(C(=O)ON3C(=O)CCC3=O)cc2)cc1. The summed E-state index contributed by atoms with van der Waals surface area (Å²) in [4.78, 5) is 39.9. The summed E-state index contributed by atoms with van der Waals surface area (Å²) in [6.07, 6.45) is 1.12. The third-order valence-corrected chi connectivity index (χ3v) is 4.01. The summed E-state index contributed by atoms with van der Waals surface area (Å²) in [6.45, 7) is 2.10. The molecule has 1 aliphatic heterocycles. The number of hydrogen-bond donors (Lipinski definition) is 0. The van der Waals surface area contributed by atoms with Gasteiger partial charge in [0.05, 0.1) is 5.56 Å². The average molecular weight is 347 g/mol. The van der Waals surface area contributed by atoms with Gasteiger partial charge in [-0.05, 0) is 48.4 Å². The fourth-order valence-electron chi connectivity index (χ4n) is 2.45. The van der Waals surface area contributed by atoms with Crippen LogP contribution < -0.4 is 0 Å². The van der Waals surface area contributed by atoms with Gasteiger partial charge in [0.15, 0.2) is 0 Å². The molecule has 1 heterocycles. The second-order valence-electron chi connectivity index (χ2n) is 5.84. The van der Waals surface area contributed by atoms with Crippen LogP contribution in [-0.2, 0) is 20.8 Å². The van der Waals surface area contributed by atoms with E-state index in [0.29, 0.717) is 5.06 Å². The molecule has 2 amide bonds. The van der Waals surface area contributed by atoms with Gasteiger partial charge in [-0.15, -0.1) is 5.06 Å². The quantitative estimate of drug-likeness (QED) is 0.633. The van der Waals surface area contributed by atoms with E-state index < -0.39 is 17.8 Å². The molecule has 1 fully saturated rings. The lowest BCUT2D eigenvalue weighted by atomic mass is 10.1. The first-order valence-electron chi connectivity index (χ1n) is 8.36. The number of aryl methyl sites for hydroxylation is 1. The van der Waals surface area contributed by atoms with Crippen LogP contribution in [0.2, 0.25) is 0 Å². The van der Waals surface area contributed by atoms with Crippen molar-refractivity contribution in [2.45, 2.75) is 26.2 Å². The summed E-state index contributed by atoms with van der Waals surface area (Å²) in [5.41, 5.74) is 3.16. The van der Waals surface area contributed by atoms with Crippen LogP contribution in [0.25, 0.3) is 0 Å². The minimum atomic E-state index is -0.747. The van der Waals surface area contributed by atoms with E-state index in [0.717, 1.165) is 17.5 Å². The van der Waals surface area contributed by atoms with Crippen LogP contribution in [0.4, 0.5) is 0 Å². The molecule has 0 radical (unpaired) electrons. The summed E-state index contributed by atoms with van der Waals surface area (Å²) in [7, 11) is 0. The van der Waals surface area contributed by atoms with Crippen molar-refractivity contribution in [3.05, 3.63) is 70.8 Å². The highest BCUT2D eigenvalue weighted by Gasteiger charge is 2.33. The standard InChI is InChI=1S/C21H17NO4/c1-2-15-3-5-16(6-4-15)7-8-17-9-11-18(12-10-17)21(25)26-22-19(23)13-14-20(22)24/h3-6,9-12H,2,13-14H2,1H3. The van der Waals surface area contributed by atoms with Gasteiger partial charge in [-0.3, -0.25) is 9.59 Å². The monoisotopic (exact) mass is 347 g/mol. The Morgan fingerprint density at radius 1 is 0.923 bits per heavy atom. The molecule has 5 heteroatoms. The highest BCUT2D eigenvalue weighted by Crippen LogP contribution is 2.14. The molecule has 0 aromatic heterocycles. The molecule has 5 nitrogen and oxygen atoms in total. The van der Waals surface area contributed by atoms with Gasteiger partial charge in [0.25, 0.3) is 11.8 Å². The van der Waals surface area contributed by atoms with Crippen LogP contribution in [-0.4, -0.2) is 22.8 Å². The molecule has 0 unspecified atom stereocenters. The Balaban J connectivity index is 1.66. The summed E-state index contributed by atoms with van der Waals surface area (Å²) in [6, 6.07) is 14.5. The fraction of sp³-hybridized carbons (Fsp3) is 0.190. The van der Waals surface area contributed by atoms with Gasteiger partial charge in [0.2, 0.25) is 0 Å². The maximum Gasteiger partial charge on any atom is 0.363 e. The van der Waals surface area contributed by atoms with Crippen molar-refractivity contribution in [1.82, 2.24) is 5.06 Å². The molecule has 0 N–H and O–H groups in total. The zero-order chi connectivity index (χ0) is 18.5. The molecule has 0 bridgehead atoms. The zero-order valence-corrected chi connectivity index (χ0v) is 14.3. The van der Waals surface area contributed by atoms with Crippen molar-refractivity contribution in [3.8, 4) is 11.8 Å². The number of hydroxylamine groups is 2. The lowest BCUT2D eigenvalue weighted by Crippen LogP contribution is -2.32. The van der Waals surface area contributed by atoms with E-state index >= 15 is 0 Å². The Kier molecular flexibility index (Phi) is 5.14. The van der Waals surface area contributed by atoms with E-state index in [1.165, 1.54) is 5.56 Å². The summed E-state index contributed by atoms with van der Waals surface area (Å²) in [5.74, 6) is 4.35. The number of nitrogens with zero attached hydrogens (tertiary/aromatic N) is 1. The Bertz CT molecular complexity index is 886. The van der Waals surface area contributed by atoms with Gasteiger partial charge < -0.3 is 4.84 Å². The number of rotatable bonds is 3.